The summed E-state index contributed by atoms with van der Waals surface area (Å²) in [5, 5.41) is 8.79. The van der Waals surface area contributed by atoms with E-state index in [-0.39, 0.29) is 6.42 Å². The van der Waals surface area contributed by atoms with Gasteiger partial charge in [0, 0.05) is 11.3 Å². The smallest absolute Gasteiger partial charge is 0.307 e. The van der Waals surface area contributed by atoms with Gasteiger partial charge in [0.1, 0.15) is 0 Å². The second-order valence-corrected chi connectivity index (χ2v) is 4.31. The Morgan fingerprint density at radius 2 is 1.89 bits per heavy atom. The van der Waals surface area contributed by atoms with Gasteiger partial charge in [0.05, 0.1) is 6.42 Å². The van der Waals surface area contributed by atoms with E-state index in [2.05, 4.69) is 0 Å². The maximum atomic E-state index is 10.7. The van der Waals surface area contributed by atoms with Crippen molar-refractivity contribution in [3.8, 4) is 11.1 Å². The second kappa shape index (κ2) is 4.92. The molecule has 0 aliphatic rings. The highest BCUT2D eigenvalue weighted by Gasteiger charge is 2.09. The van der Waals surface area contributed by atoms with E-state index in [1.54, 1.807) is 6.07 Å². The van der Waals surface area contributed by atoms with Gasteiger partial charge >= 0.3 is 5.97 Å². The topological polar surface area (TPSA) is 63.3 Å². The predicted molar refractivity (Wildman–Crippen MR) is 72.4 cm³/mol. The third kappa shape index (κ3) is 2.51. The molecule has 92 valence electrons. The van der Waals surface area contributed by atoms with Gasteiger partial charge in [0.2, 0.25) is 0 Å². The molecule has 2 aromatic carbocycles. The summed E-state index contributed by atoms with van der Waals surface area (Å²) in [7, 11) is 0. The SMILES string of the molecule is Cc1cc(CC(=O)O)cc(N)c1-c1ccccc1. The highest BCUT2D eigenvalue weighted by Crippen LogP contribution is 2.30. The van der Waals surface area contributed by atoms with Crippen molar-refractivity contribution in [2.24, 2.45) is 0 Å². The molecule has 0 aromatic heterocycles. The van der Waals surface area contributed by atoms with Crippen LogP contribution in [0.25, 0.3) is 11.1 Å². The van der Waals surface area contributed by atoms with Crippen LogP contribution in [-0.2, 0) is 11.2 Å². The number of carboxylic acids is 1. The van der Waals surface area contributed by atoms with Crippen LogP contribution >= 0.6 is 0 Å². The maximum absolute atomic E-state index is 10.7. The van der Waals surface area contributed by atoms with Crippen LogP contribution in [0, 0.1) is 6.92 Å². The normalized spacial score (nSPS) is 10.3. The number of aryl methyl sites for hydroxylation is 1. The zero-order valence-electron chi connectivity index (χ0n) is 10.2. The molecule has 0 unspecified atom stereocenters. The molecule has 3 heteroatoms. The predicted octanol–water partition coefficient (Wildman–Crippen LogP) is 2.87. The molecule has 0 aliphatic carbocycles. The van der Waals surface area contributed by atoms with Gasteiger partial charge in [-0.3, -0.25) is 4.79 Å². The van der Waals surface area contributed by atoms with E-state index < -0.39 is 5.97 Å². The average molecular weight is 241 g/mol. The Labute approximate surface area is 106 Å². The zero-order chi connectivity index (χ0) is 13.1. The molecule has 0 spiro atoms. The molecule has 2 rings (SSSR count). The average Bonchev–Trinajstić information content (AvgIpc) is 2.28. The molecule has 2 aromatic rings. The monoisotopic (exact) mass is 241 g/mol. The van der Waals surface area contributed by atoms with Gasteiger partial charge in [-0.15, -0.1) is 0 Å². The molecule has 0 aliphatic heterocycles. The van der Waals surface area contributed by atoms with Crippen molar-refractivity contribution < 1.29 is 9.90 Å². The number of carboxylic acid groups (broad SMARTS) is 1. The van der Waals surface area contributed by atoms with Crippen molar-refractivity contribution in [1.82, 2.24) is 0 Å². The van der Waals surface area contributed by atoms with Crippen LogP contribution in [0.4, 0.5) is 5.69 Å². The van der Waals surface area contributed by atoms with E-state index in [4.69, 9.17) is 10.8 Å². The van der Waals surface area contributed by atoms with Crippen molar-refractivity contribution in [2.45, 2.75) is 13.3 Å². The van der Waals surface area contributed by atoms with Gasteiger partial charge < -0.3 is 10.8 Å². The van der Waals surface area contributed by atoms with E-state index in [1.807, 2.05) is 43.3 Å². The Morgan fingerprint density at radius 3 is 2.44 bits per heavy atom. The minimum Gasteiger partial charge on any atom is -0.481 e. The number of aliphatic carboxylic acids is 1. The van der Waals surface area contributed by atoms with Crippen LogP contribution in [0.1, 0.15) is 11.1 Å². The Balaban J connectivity index is 2.48. The minimum absolute atomic E-state index is 0.000109. The Kier molecular flexibility index (Phi) is 3.33. The maximum Gasteiger partial charge on any atom is 0.307 e. The van der Waals surface area contributed by atoms with Crippen molar-refractivity contribution in [2.75, 3.05) is 5.73 Å². The Hall–Kier alpha value is -2.29. The number of nitrogen functional groups attached to an aromatic ring is 1. The first-order valence-electron chi connectivity index (χ1n) is 5.74. The lowest BCUT2D eigenvalue weighted by atomic mass is 9.95. The van der Waals surface area contributed by atoms with E-state index in [1.165, 1.54) is 0 Å². The molecular weight excluding hydrogens is 226 g/mol. The molecule has 0 radical (unpaired) electrons. The van der Waals surface area contributed by atoms with Crippen molar-refractivity contribution >= 4 is 11.7 Å². The molecule has 0 atom stereocenters. The summed E-state index contributed by atoms with van der Waals surface area (Å²) in [6.07, 6.45) is 0.000109. The van der Waals surface area contributed by atoms with Crippen LogP contribution < -0.4 is 5.73 Å². The first kappa shape index (κ1) is 12.2. The summed E-state index contributed by atoms with van der Waals surface area (Å²) in [4.78, 5) is 10.7. The Morgan fingerprint density at radius 1 is 1.22 bits per heavy atom. The first-order valence-corrected chi connectivity index (χ1v) is 5.74. The molecule has 18 heavy (non-hydrogen) atoms. The number of anilines is 1. The summed E-state index contributed by atoms with van der Waals surface area (Å²) >= 11 is 0. The summed E-state index contributed by atoms with van der Waals surface area (Å²) in [6, 6.07) is 13.5. The number of rotatable bonds is 3. The van der Waals surface area contributed by atoms with Gasteiger partial charge in [-0.05, 0) is 29.7 Å². The van der Waals surface area contributed by atoms with Gasteiger partial charge in [-0.2, -0.15) is 0 Å². The lowest BCUT2D eigenvalue weighted by Gasteiger charge is -2.12. The van der Waals surface area contributed by atoms with Crippen LogP contribution in [-0.4, -0.2) is 11.1 Å². The molecule has 0 amide bonds. The third-order valence-corrected chi connectivity index (χ3v) is 2.84. The quantitative estimate of drug-likeness (QED) is 0.812. The van der Waals surface area contributed by atoms with E-state index in [9.17, 15) is 4.79 Å². The fourth-order valence-electron chi connectivity index (χ4n) is 2.17. The van der Waals surface area contributed by atoms with Gasteiger partial charge in [0.15, 0.2) is 0 Å². The standard InChI is InChI=1S/C15H15NO2/c1-10-7-11(9-14(17)18)8-13(16)15(10)12-5-3-2-4-6-12/h2-8H,9,16H2,1H3,(H,17,18). The number of hydrogen-bond acceptors (Lipinski definition) is 2. The third-order valence-electron chi connectivity index (χ3n) is 2.84. The van der Waals surface area contributed by atoms with Crippen molar-refractivity contribution in [3.63, 3.8) is 0 Å². The number of benzene rings is 2. The van der Waals surface area contributed by atoms with E-state index >= 15 is 0 Å². The van der Waals surface area contributed by atoms with E-state index in [0.29, 0.717) is 5.69 Å². The van der Waals surface area contributed by atoms with Crippen molar-refractivity contribution in [1.29, 1.82) is 0 Å². The number of hydrogen-bond donors (Lipinski definition) is 2. The van der Waals surface area contributed by atoms with Gasteiger partial charge in [0.25, 0.3) is 0 Å². The highest BCUT2D eigenvalue weighted by atomic mass is 16.4. The minimum atomic E-state index is -0.846. The summed E-state index contributed by atoms with van der Waals surface area (Å²) in [5.41, 5.74) is 10.4. The molecule has 3 nitrogen and oxygen atoms in total. The summed E-state index contributed by atoms with van der Waals surface area (Å²) in [6.45, 7) is 1.95. The van der Waals surface area contributed by atoms with Gasteiger partial charge in [-0.1, -0.05) is 36.4 Å². The van der Waals surface area contributed by atoms with Crippen LogP contribution in [0.3, 0.4) is 0 Å². The molecule has 0 fully saturated rings. The lowest BCUT2D eigenvalue weighted by Crippen LogP contribution is -2.02. The van der Waals surface area contributed by atoms with E-state index in [0.717, 1.165) is 22.3 Å². The second-order valence-electron chi connectivity index (χ2n) is 4.31. The van der Waals surface area contributed by atoms with Gasteiger partial charge in [-0.25, -0.2) is 0 Å². The molecule has 0 saturated carbocycles. The first-order chi connectivity index (χ1) is 8.58. The molecule has 0 saturated heterocycles. The Bertz CT molecular complexity index is 553. The van der Waals surface area contributed by atoms with Crippen LogP contribution in [0.2, 0.25) is 0 Å². The summed E-state index contributed by atoms with van der Waals surface area (Å²) in [5.74, 6) is -0.846. The highest BCUT2D eigenvalue weighted by molar-refractivity contribution is 5.81. The molecule has 3 N–H and O–H groups in total. The van der Waals surface area contributed by atoms with Crippen molar-refractivity contribution in [3.05, 3.63) is 53.6 Å². The van der Waals surface area contributed by atoms with Crippen LogP contribution in [0.5, 0.6) is 0 Å². The zero-order valence-corrected chi connectivity index (χ0v) is 10.2. The number of carbonyl (C=O) groups is 1. The van der Waals surface area contributed by atoms with Crippen LogP contribution in [0.15, 0.2) is 42.5 Å². The molecular formula is C15H15NO2. The number of nitrogens with two attached hydrogens (primary N) is 1. The molecule has 0 heterocycles. The summed E-state index contributed by atoms with van der Waals surface area (Å²) < 4.78 is 0. The fraction of sp³-hybridized carbons (Fsp3) is 0.133. The molecule has 0 bridgehead atoms. The lowest BCUT2D eigenvalue weighted by molar-refractivity contribution is -0.136. The largest absolute Gasteiger partial charge is 0.481 e. The fourth-order valence-corrected chi connectivity index (χ4v) is 2.17.